The maximum atomic E-state index is 12.7. The lowest BCUT2D eigenvalue weighted by atomic mass is 9.94. The van der Waals surface area contributed by atoms with Crippen LogP contribution in [0.3, 0.4) is 0 Å². The maximum absolute atomic E-state index is 12.7. The molecule has 0 aliphatic carbocycles. The summed E-state index contributed by atoms with van der Waals surface area (Å²) in [4.78, 5) is 16.7. The zero-order chi connectivity index (χ0) is 14.5. The highest BCUT2D eigenvalue weighted by Crippen LogP contribution is 2.26. The second kappa shape index (κ2) is 6.94. The molecule has 2 heterocycles. The average Bonchev–Trinajstić information content (AvgIpc) is 2.82. The van der Waals surface area contributed by atoms with Gasteiger partial charge in [0.2, 0.25) is 0 Å². The van der Waals surface area contributed by atoms with E-state index in [1.807, 2.05) is 4.90 Å². The molecule has 1 aromatic carbocycles. The Morgan fingerprint density at radius 1 is 1.00 bits per heavy atom. The van der Waals surface area contributed by atoms with E-state index < -0.39 is 0 Å². The molecule has 0 unspecified atom stereocenters. The number of urea groups is 1. The molecule has 2 amide bonds. The third-order valence-electron chi connectivity index (χ3n) is 4.49. The smallest absolute Gasteiger partial charge is 0.320 e. The van der Waals surface area contributed by atoms with Crippen LogP contribution in [0.25, 0.3) is 0 Å². The van der Waals surface area contributed by atoms with Crippen molar-refractivity contribution in [1.82, 2.24) is 9.80 Å². The monoisotopic (exact) mass is 288 g/mol. The molecule has 0 N–H and O–H groups in total. The Kier molecular flexibility index (Phi) is 4.76. The first-order valence-electron chi connectivity index (χ1n) is 8.01. The largest absolute Gasteiger partial charge is 0.378 e. The molecule has 0 bridgehead atoms. The van der Waals surface area contributed by atoms with Gasteiger partial charge in [0.15, 0.2) is 0 Å². The van der Waals surface area contributed by atoms with E-state index >= 15 is 0 Å². The minimum atomic E-state index is 0.195. The van der Waals surface area contributed by atoms with Gasteiger partial charge in [0.25, 0.3) is 0 Å². The summed E-state index contributed by atoms with van der Waals surface area (Å²) in [6.07, 6.45) is 3.49. The van der Waals surface area contributed by atoms with E-state index in [2.05, 4.69) is 35.2 Å². The van der Waals surface area contributed by atoms with Crippen LogP contribution in [-0.2, 0) is 4.74 Å². The Morgan fingerprint density at radius 3 is 2.52 bits per heavy atom. The van der Waals surface area contributed by atoms with Gasteiger partial charge < -0.3 is 14.5 Å². The normalized spacial score (nSPS) is 23.7. The molecular weight excluding hydrogens is 264 g/mol. The van der Waals surface area contributed by atoms with E-state index in [0.717, 1.165) is 32.6 Å². The van der Waals surface area contributed by atoms with Gasteiger partial charge in [0.05, 0.1) is 13.2 Å². The molecule has 0 aromatic heterocycles. The molecule has 2 saturated heterocycles. The number of amides is 2. The Balaban J connectivity index is 1.68. The topological polar surface area (TPSA) is 32.8 Å². The van der Waals surface area contributed by atoms with Gasteiger partial charge in [-0.3, -0.25) is 0 Å². The summed E-state index contributed by atoms with van der Waals surface area (Å²) in [6, 6.07) is 10.8. The van der Waals surface area contributed by atoms with Gasteiger partial charge in [-0.1, -0.05) is 36.8 Å². The number of nitrogens with zero attached hydrogens (tertiary/aromatic N) is 2. The van der Waals surface area contributed by atoms with E-state index in [0.29, 0.717) is 19.1 Å². The van der Waals surface area contributed by atoms with Crippen LogP contribution in [0.2, 0.25) is 0 Å². The fourth-order valence-electron chi connectivity index (χ4n) is 3.27. The lowest BCUT2D eigenvalue weighted by molar-refractivity contribution is 0.0432. The van der Waals surface area contributed by atoms with Gasteiger partial charge in [-0.2, -0.15) is 0 Å². The lowest BCUT2D eigenvalue weighted by Crippen LogP contribution is -2.49. The fourth-order valence-corrected chi connectivity index (χ4v) is 3.27. The minimum Gasteiger partial charge on any atom is -0.378 e. The summed E-state index contributed by atoms with van der Waals surface area (Å²) in [6.45, 7) is 4.53. The molecular formula is C17H24N2O2. The standard InChI is InChI=1S/C17H24N2O2/c20-17(18-10-12-21-13-11-18)19-9-5-4-8-16(14-19)15-6-2-1-3-7-15/h1-3,6-7,16H,4-5,8-14H2/t16-/m0/s1. The molecule has 2 aliphatic heterocycles. The predicted octanol–water partition coefficient (Wildman–Crippen LogP) is 2.71. The van der Waals surface area contributed by atoms with Crippen molar-refractivity contribution in [2.24, 2.45) is 0 Å². The highest BCUT2D eigenvalue weighted by atomic mass is 16.5. The van der Waals surface area contributed by atoms with E-state index in [9.17, 15) is 4.79 Å². The zero-order valence-electron chi connectivity index (χ0n) is 12.5. The Bertz CT molecular complexity index is 457. The summed E-state index contributed by atoms with van der Waals surface area (Å²) in [7, 11) is 0. The highest BCUT2D eigenvalue weighted by Gasteiger charge is 2.27. The van der Waals surface area contributed by atoms with Crippen LogP contribution >= 0.6 is 0 Å². The van der Waals surface area contributed by atoms with Crippen molar-refractivity contribution in [1.29, 1.82) is 0 Å². The number of hydrogen-bond acceptors (Lipinski definition) is 2. The molecule has 1 atom stereocenters. The third kappa shape index (κ3) is 3.56. The van der Waals surface area contributed by atoms with Gasteiger partial charge in [-0.05, 0) is 18.4 Å². The van der Waals surface area contributed by atoms with Crippen molar-refractivity contribution in [3.05, 3.63) is 35.9 Å². The second-order valence-electron chi connectivity index (χ2n) is 5.93. The van der Waals surface area contributed by atoms with Crippen LogP contribution in [0.15, 0.2) is 30.3 Å². The lowest BCUT2D eigenvalue weighted by Gasteiger charge is -2.33. The van der Waals surface area contributed by atoms with Crippen molar-refractivity contribution in [2.75, 3.05) is 39.4 Å². The average molecular weight is 288 g/mol. The van der Waals surface area contributed by atoms with E-state index in [-0.39, 0.29) is 6.03 Å². The van der Waals surface area contributed by atoms with Gasteiger partial charge in [-0.25, -0.2) is 4.79 Å². The van der Waals surface area contributed by atoms with Gasteiger partial charge in [-0.15, -0.1) is 0 Å². The maximum Gasteiger partial charge on any atom is 0.320 e. The first-order valence-corrected chi connectivity index (χ1v) is 8.01. The third-order valence-corrected chi connectivity index (χ3v) is 4.49. The number of carbonyl (C=O) groups excluding carboxylic acids is 1. The van der Waals surface area contributed by atoms with Crippen LogP contribution < -0.4 is 0 Å². The molecule has 2 aliphatic rings. The fraction of sp³-hybridized carbons (Fsp3) is 0.588. The summed E-state index contributed by atoms with van der Waals surface area (Å²) < 4.78 is 5.34. The summed E-state index contributed by atoms with van der Waals surface area (Å²) in [5.41, 5.74) is 1.36. The van der Waals surface area contributed by atoms with E-state index in [4.69, 9.17) is 4.74 Å². The van der Waals surface area contributed by atoms with E-state index in [1.54, 1.807) is 0 Å². The number of carbonyl (C=O) groups is 1. The molecule has 0 radical (unpaired) electrons. The zero-order valence-corrected chi connectivity index (χ0v) is 12.5. The van der Waals surface area contributed by atoms with Crippen LogP contribution in [-0.4, -0.2) is 55.2 Å². The SMILES string of the molecule is O=C(N1CCOCC1)N1CCCC[C@H](c2ccccc2)C1. The number of rotatable bonds is 1. The van der Waals surface area contributed by atoms with Gasteiger partial charge in [0, 0.05) is 32.1 Å². The van der Waals surface area contributed by atoms with Crippen molar-refractivity contribution < 1.29 is 9.53 Å². The molecule has 0 spiro atoms. The van der Waals surface area contributed by atoms with Crippen LogP contribution in [0.1, 0.15) is 30.7 Å². The van der Waals surface area contributed by atoms with Gasteiger partial charge >= 0.3 is 6.03 Å². The molecule has 4 nitrogen and oxygen atoms in total. The van der Waals surface area contributed by atoms with Crippen molar-refractivity contribution in [2.45, 2.75) is 25.2 Å². The minimum absolute atomic E-state index is 0.195. The van der Waals surface area contributed by atoms with Crippen LogP contribution in [0.5, 0.6) is 0 Å². The van der Waals surface area contributed by atoms with Crippen LogP contribution in [0.4, 0.5) is 4.79 Å². The summed E-state index contributed by atoms with van der Waals surface area (Å²) in [5, 5.41) is 0. The molecule has 4 heteroatoms. The molecule has 1 aromatic rings. The molecule has 114 valence electrons. The van der Waals surface area contributed by atoms with Crippen molar-refractivity contribution >= 4 is 6.03 Å². The predicted molar refractivity (Wildman–Crippen MR) is 82.4 cm³/mol. The molecule has 3 rings (SSSR count). The van der Waals surface area contributed by atoms with Gasteiger partial charge in [0.1, 0.15) is 0 Å². The quantitative estimate of drug-likeness (QED) is 0.796. The second-order valence-corrected chi connectivity index (χ2v) is 5.93. The number of ether oxygens (including phenoxy) is 1. The van der Waals surface area contributed by atoms with E-state index in [1.165, 1.54) is 18.4 Å². The number of likely N-dealkylation sites (tertiary alicyclic amines) is 1. The number of morpholine rings is 1. The Morgan fingerprint density at radius 2 is 1.76 bits per heavy atom. The number of benzene rings is 1. The molecule has 2 fully saturated rings. The highest BCUT2D eigenvalue weighted by molar-refractivity contribution is 5.74. The number of hydrogen-bond donors (Lipinski definition) is 0. The van der Waals surface area contributed by atoms with Crippen LogP contribution in [0, 0.1) is 0 Å². The first kappa shape index (κ1) is 14.4. The summed E-state index contributed by atoms with van der Waals surface area (Å²) >= 11 is 0. The first-order chi connectivity index (χ1) is 10.3. The molecule has 0 saturated carbocycles. The molecule has 21 heavy (non-hydrogen) atoms. The Labute approximate surface area is 126 Å². The Hall–Kier alpha value is -1.55. The van der Waals surface area contributed by atoms with Crippen molar-refractivity contribution in [3.63, 3.8) is 0 Å². The van der Waals surface area contributed by atoms with Crippen molar-refractivity contribution in [3.8, 4) is 0 Å². The summed E-state index contributed by atoms with van der Waals surface area (Å²) in [5.74, 6) is 0.471.